The van der Waals surface area contributed by atoms with Crippen LogP contribution in [0.3, 0.4) is 0 Å². The highest BCUT2D eigenvalue weighted by Crippen LogP contribution is 2.42. The molecule has 0 amide bonds. The molecule has 1 fully saturated rings. The van der Waals surface area contributed by atoms with E-state index in [1.807, 2.05) is 0 Å². The number of fused-ring (bicyclic) bond motifs is 2. The minimum atomic E-state index is 0.507. The first-order chi connectivity index (χ1) is 8.24. The third-order valence-electron chi connectivity index (χ3n) is 5.01. The lowest BCUT2D eigenvalue weighted by Gasteiger charge is -2.44. The van der Waals surface area contributed by atoms with Gasteiger partial charge in [0.05, 0.1) is 12.7 Å². The predicted molar refractivity (Wildman–Crippen MR) is 70.8 cm³/mol. The molecule has 1 nitrogen and oxygen atoms in total. The van der Waals surface area contributed by atoms with E-state index >= 15 is 0 Å². The molecule has 0 N–H and O–H groups in total. The molecule has 0 unspecified atom stereocenters. The fourth-order valence-electron chi connectivity index (χ4n) is 3.79. The topological polar surface area (TPSA) is 9.23 Å². The van der Waals surface area contributed by atoms with E-state index in [1.54, 1.807) is 11.1 Å². The van der Waals surface area contributed by atoms with Crippen LogP contribution in [-0.2, 0) is 4.74 Å². The first-order valence-electron chi connectivity index (χ1n) is 7.18. The van der Waals surface area contributed by atoms with Crippen molar-refractivity contribution in [2.75, 3.05) is 6.61 Å². The first-order valence-corrected chi connectivity index (χ1v) is 7.18. The lowest BCUT2D eigenvalue weighted by molar-refractivity contribution is -0.0807. The average molecular weight is 232 g/mol. The van der Waals surface area contributed by atoms with Crippen molar-refractivity contribution >= 4 is 0 Å². The van der Waals surface area contributed by atoms with Crippen LogP contribution < -0.4 is 0 Å². The maximum Gasteiger partial charge on any atom is 0.0671 e. The Hall–Kier alpha value is -0.560. The van der Waals surface area contributed by atoms with Gasteiger partial charge < -0.3 is 4.74 Å². The highest BCUT2D eigenvalue weighted by molar-refractivity contribution is 5.14. The van der Waals surface area contributed by atoms with Gasteiger partial charge in [0.1, 0.15) is 0 Å². The van der Waals surface area contributed by atoms with Gasteiger partial charge in [-0.15, -0.1) is 0 Å². The van der Waals surface area contributed by atoms with E-state index in [4.69, 9.17) is 4.74 Å². The number of ether oxygens (including phenoxy) is 1. The van der Waals surface area contributed by atoms with Crippen molar-refractivity contribution in [1.29, 1.82) is 0 Å². The van der Waals surface area contributed by atoms with Crippen LogP contribution >= 0.6 is 0 Å². The van der Waals surface area contributed by atoms with E-state index in [-0.39, 0.29) is 0 Å². The Bertz CT molecular complexity index is 353. The second-order valence-corrected chi connectivity index (χ2v) is 6.27. The number of hydrogen-bond acceptors (Lipinski definition) is 1. The summed E-state index contributed by atoms with van der Waals surface area (Å²) in [6, 6.07) is 0. The quantitative estimate of drug-likeness (QED) is 0.618. The molecule has 1 aliphatic heterocycles. The third kappa shape index (κ3) is 2.22. The molecular formula is C16H24O. The highest BCUT2D eigenvalue weighted by Gasteiger charge is 2.38. The lowest BCUT2D eigenvalue weighted by Crippen LogP contribution is -2.42. The van der Waals surface area contributed by atoms with Gasteiger partial charge >= 0.3 is 0 Å². The van der Waals surface area contributed by atoms with Crippen molar-refractivity contribution in [1.82, 2.24) is 0 Å². The summed E-state index contributed by atoms with van der Waals surface area (Å²) < 4.78 is 6.22. The van der Waals surface area contributed by atoms with Crippen LogP contribution in [0.1, 0.15) is 46.0 Å². The van der Waals surface area contributed by atoms with Crippen molar-refractivity contribution in [3.8, 4) is 0 Å². The Balaban J connectivity index is 1.75. The number of allylic oxidation sites excluding steroid dienone is 3. The van der Waals surface area contributed by atoms with E-state index < -0.39 is 0 Å². The second-order valence-electron chi connectivity index (χ2n) is 6.27. The maximum absolute atomic E-state index is 6.22. The zero-order chi connectivity index (χ0) is 11.8. The summed E-state index contributed by atoms with van der Waals surface area (Å²) in [5.41, 5.74) is 3.17. The van der Waals surface area contributed by atoms with E-state index in [0.29, 0.717) is 6.10 Å². The molecule has 2 bridgehead atoms. The molecule has 3 rings (SSSR count). The van der Waals surface area contributed by atoms with Gasteiger partial charge in [-0.3, -0.25) is 0 Å². The largest absolute Gasteiger partial charge is 0.377 e. The fraction of sp³-hybridized carbons (Fsp3) is 0.750. The molecule has 4 atom stereocenters. The second kappa shape index (κ2) is 4.61. The average Bonchev–Trinajstić information content (AvgIpc) is 2.36. The number of hydrogen-bond donors (Lipinski definition) is 0. The minimum Gasteiger partial charge on any atom is -0.377 e. The van der Waals surface area contributed by atoms with Gasteiger partial charge in [-0.1, -0.05) is 23.3 Å². The fourth-order valence-corrected chi connectivity index (χ4v) is 3.79. The summed E-state index contributed by atoms with van der Waals surface area (Å²) in [6.45, 7) is 5.58. The summed E-state index contributed by atoms with van der Waals surface area (Å²) in [7, 11) is 0. The molecule has 0 aromatic heterocycles. The molecule has 2 aliphatic carbocycles. The van der Waals surface area contributed by atoms with Gasteiger partial charge in [-0.05, 0) is 57.8 Å². The Morgan fingerprint density at radius 1 is 1.18 bits per heavy atom. The SMILES string of the molecule is CC1=CC[C@H]([C@H]2OC[C@H]3CC=C(C)[C@H]2C3)CC1. The van der Waals surface area contributed by atoms with Crippen molar-refractivity contribution < 1.29 is 4.74 Å². The molecule has 3 aliphatic rings. The molecule has 1 heteroatoms. The van der Waals surface area contributed by atoms with Gasteiger partial charge in [0.15, 0.2) is 0 Å². The summed E-state index contributed by atoms with van der Waals surface area (Å²) in [5, 5.41) is 0. The zero-order valence-electron chi connectivity index (χ0n) is 11.1. The van der Waals surface area contributed by atoms with Crippen LogP contribution in [0.15, 0.2) is 23.3 Å². The standard InChI is InChI=1S/C16H24O/c1-11-3-7-14(8-4-11)16-15-9-13(10-17-16)6-5-12(15)2/h3,5,13-16H,4,6-10H2,1-2H3/t13-,14-,15+,16+/m0/s1. The van der Waals surface area contributed by atoms with Crippen molar-refractivity contribution in [3.63, 3.8) is 0 Å². The summed E-state index contributed by atoms with van der Waals surface area (Å²) in [4.78, 5) is 0. The van der Waals surface area contributed by atoms with Gasteiger partial charge in [0.2, 0.25) is 0 Å². The molecule has 0 aromatic rings. The van der Waals surface area contributed by atoms with Gasteiger partial charge in [-0.2, -0.15) is 0 Å². The van der Waals surface area contributed by atoms with Crippen LogP contribution in [-0.4, -0.2) is 12.7 Å². The molecule has 0 radical (unpaired) electrons. The molecule has 0 saturated carbocycles. The first kappa shape index (κ1) is 11.5. The molecule has 1 saturated heterocycles. The molecular weight excluding hydrogens is 208 g/mol. The van der Waals surface area contributed by atoms with Gasteiger partial charge in [0, 0.05) is 5.92 Å². The van der Waals surface area contributed by atoms with Gasteiger partial charge in [0.25, 0.3) is 0 Å². The van der Waals surface area contributed by atoms with E-state index in [2.05, 4.69) is 26.0 Å². The lowest BCUT2D eigenvalue weighted by atomic mass is 9.71. The zero-order valence-corrected chi connectivity index (χ0v) is 11.1. The molecule has 0 aromatic carbocycles. The van der Waals surface area contributed by atoms with Gasteiger partial charge in [-0.25, -0.2) is 0 Å². The Labute approximate surface area is 105 Å². The normalized spacial score (nSPS) is 41.8. The molecule has 94 valence electrons. The number of rotatable bonds is 1. The Morgan fingerprint density at radius 3 is 2.82 bits per heavy atom. The van der Waals surface area contributed by atoms with E-state index in [0.717, 1.165) is 24.4 Å². The summed E-state index contributed by atoms with van der Waals surface area (Å²) >= 11 is 0. The third-order valence-corrected chi connectivity index (χ3v) is 5.01. The van der Waals surface area contributed by atoms with Crippen LogP contribution in [0.4, 0.5) is 0 Å². The monoisotopic (exact) mass is 232 g/mol. The Morgan fingerprint density at radius 2 is 2.06 bits per heavy atom. The predicted octanol–water partition coefficient (Wildman–Crippen LogP) is 4.10. The molecule has 0 spiro atoms. The minimum absolute atomic E-state index is 0.507. The maximum atomic E-state index is 6.22. The van der Waals surface area contributed by atoms with E-state index in [9.17, 15) is 0 Å². The summed E-state index contributed by atoms with van der Waals surface area (Å²) in [5.74, 6) is 2.30. The molecule has 17 heavy (non-hydrogen) atoms. The van der Waals surface area contributed by atoms with Crippen LogP contribution in [0.25, 0.3) is 0 Å². The molecule has 1 heterocycles. The van der Waals surface area contributed by atoms with Crippen LogP contribution in [0, 0.1) is 17.8 Å². The summed E-state index contributed by atoms with van der Waals surface area (Å²) in [6.07, 6.45) is 11.9. The van der Waals surface area contributed by atoms with Crippen molar-refractivity contribution in [2.45, 2.75) is 52.1 Å². The van der Waals surface area contributed by atoms with Crippen LogP contribution in [0.2, 0.25) is 0 Å². The van der Waals surface area contributed by atoms with E-state index in [1.165, 1.54) is 32.1 Å². The highest BCUT2D eigenvalue weighted by atomic mass is 16.5. The van der Waals surface area contributed by atoms with Crippen LogP contribution in [0.5, 0.6) is 0 Å². The smallest absolute Gasteiger partial charge is 0.0671 e. The Kier molecular flexibility index (Phi) is 3.12. The van der Waals surface area contributed by atoms with Crippen molar-refractivity contribution in [2.24, 2.45) is 17.8 Å². The van der Waals surface area contributed by atoms with Crippen molar-refractivity contribution in [3.05, 3.63) is 23.3 Å².